The summed E-state index contributed by atoms with van der Waals surface area (Å²) < 4.78 is 31.7. The molecule has 6 heteroatoms. The van der Waals surface area contributed by atoms with Crippen molar-refractivity contribution in [3.63, 3.8) is 0 Å². The van der Waals surface area contributed by atoms with Gasteiger partial charge in [-0.3, -0.25) is 0 Å². The number of aromatic nitrogens is 1. The van der Waals surface area contributed by atoms with Crippen LogP contribution in [0.1, 0.15) is 13.8 Å². The van der Waals surface area contributed by atoms with Crippen LogP contribution >= 0.6 is 11.9 Å². The van der Waals surface area contributed by atoms with Gasteiger partial charge in [0.05, 0.1) is 12.1 Å². The minimum Gasteiger partial charge on any atom is -0.387 e. The summed E-state index contributed by atoms with van der Waals surface area (Å²) in [5.41, 5.74) is 0.642. The maximum absolute atomic E-state index is 13.8. The maximum atomic E-state index is 13.8. The van der Waals surface area contributed by atoms with Gasteiger partial charge >= 0.3 is 0 Å². The number of halogens is 2. The van der Waals surface area contributed by atoms with Crippen LogP contribution in [0.25, 0.3) is 21.8 Å². The summed E-state index contributed by atoms with van der Waals surface area (Å²) in [6, 6.07) is 9.07. The third kappa shape index (κ3) is 3.33. The minimum atomic E-state index is -0.960. The van der Waals surface area contributed by atoms with Crippen LogP contribution in [0.5, 0.6) is 0 Å². The van der Waals surface area contributed by atoms with Crippen LogP contribution in [-0.2, 0) is 6.54 Å². The molecule has 2 aromatic carbocycles. The van der Waals surface area contributed by atoms with E-state index in [2.05, 4.69) is 11.2 Å². The van der Waals surface area contributed by atoms with E-state index in [9.17, 15) is 13.9 Å². The molecule has 4 rings (SSSR count). The van der Waals surface area contributed by atoms with Gasteiger partial charge in [-0.2, -0.15) is 0 Å². The lowest BCUT2D eigenvalue weighted by atomic mass is 10.1. The number of β-amino-alcohol motifs (C(OH)–C–C–N with tert-alkyl or cyclic N) is 1. The molecule has 0 bridgehead atoms. The molecule has 0 amide bonds. The smallest absolute Gasteiger partial charge is 0.123 e. The molecule has 1 aromatic heterocycles. The van der Waals surface area contributed by atoms with Crippen molar-refractivity contribution in [3.8, 4) is 0 Å². The highest BCUT2D eigenvalue weighted by Gasteiger charge is 2.30. The molecule has 2 heterocycles. The van der Waals surface area contributed by atoms with Crippen molar-refractivity contribution in [2.75, 3.05) is 18.8 Å². The van der Waals surface area contributed by atoms with E-state index in [4.69, 9.17) is 0 Å². The summed E-state index contributed by atoms with van der Waals surface area (Å²) in [4.78, 5) is 0. The second kappa shape index (κ2) is 6.51. The third-order valence-electron chi connectivity index (χ3n) is 4.86. The van der Waals surface area contributed by atoms with E-state index >= 15 is 0 Å². The zero-order chi connectivity index (χ0) is 18.5. The Hall–Kier alpha value is -1.63. The highest BCUT2D eigenvalue weighted by atomic mass is 32.2. The van der Waals surface area contributed by atoms with E-state index in [-0.39, 0.29) is 11.6 Å². The molecule has 2 unspecified atom stereocenters. The molecule has 0 spiro atoms. The molecule has 1 N–H and O–H groups in total. The van der Waals surface area contributed by atoms with E-state index in [1.165, 1.54) is 24.3 Å². The average Bonchev–Trinajstić information content (AvgIpc) is 3.08. The van der Waals surface area contributed by atoms with Gasteiger partial charge in [0, 0.05) is 40.6 Å². The zero-order valence-electron chi connectivity index (χ0n) is 14.9. The highest BCUT2D eigenvalue weighted by Crippen LogP contribution is 2.33. The fourth-order valence-electron chi connectivity index (χ4n) is 3.79. The first-order valence-corrected chi connectivity index (χ1v) is 9.74. The monoisotopic (exact) mass is 376 g/mol. The molecular weight excluding hydrogens is 354 g/mol. The standard InChI is InChI=1S/C20H22F2N2OS/c1-13-9-23(26-10-13)11-20(2,25)12-24-18-5-3-14(21)7-16(18)17-8-15(22)4-6-19(17)24/h3-8,13,25H,9-12H2,1-2H3. The number of hydrogen-bond donors (Lipinski definition) is 1. The molecule has 3 nitrogen and oxygen atoms in total. The molecular formula is C20H22F2N2OS. The first-order valence-electron chi connectivity index (χ1n) is 8.80. The van der Waals surface area contributed by atoms with Crippen molar-refractivity contribution in [1.29, 1.82) is 0 Å². The van der Waals surface area contributed by atoms with E-state index in [0.717, 1.165) is 23.3 Å². The van der Waals surface area contributed by atoms with Crippen molar-refractivity contribution in [1.82, 2.24) is 8.87 Å². The molecule has 26 heavy (non-hydrogen) atoms. The zero-order valence-corrected chi connectivity index (χ0v) is 15.7. The third-order valence-corrected chi connectivity index (χ3v) is 6.22. The van der Waals surface area contributed by atoms with Gasteiger partial charge in [-0.1, -0.05) is 18.9 Å². The van der Waals surface area contributed by atoms with Gasteiger partial charge in [-0.15, -0.1) is 0 Å². The van der Waals surface area contributed by atoms with Gasteiger partial charge in [0.15, 0.2) is 0 Å². The number of hydrogen-bond acceptors (Lipinski definition) is 3. The van der Waals surface area contributed by atoms with Crippen LogP contribution in [0.2, 0.25) is 0 Å². The molecule has 3 aromatic rings. The fourth-order valence-corrected chi connectivity index (χ4v) is 5.09. The molecule has 2 atom stereocenters. The Morgan fingerprint density at radius 1 is 1.08 bits per heavy atom. The second-order valence-electron chi connectivity index (χ2n) is 7.63. The van der Waals surface area contributed by atoms with Crippen LogP contribution in [0.4, 0.5) is 8.78 Å². The second-order valence-corrected chi connectivity index (χ2v) is 8.74. The van der Waals surface area contributed by atoms with Crippen LogP contribution in [0.15, 0.2) is 36.4 Å². The van der Waals surface area contributed by atoms with Gasteiger partial charge in [-0.05, 0) is 49.2 Å². The van der Waals surface area contributed by atoms with Gasteiger partial charge in [0.1, 0.15) is 11.6 Å². The van der Waals surface area contributed by atoms with Gasteiger partial charge < -0.3 is 9.67 Å². The lowest BCUT2D eigenvalue weighted by Gasteiger charge is -2.29. The Morgan fingerprint density at radius 2 is 1.65 bits per heavy atom. The van der Waals surface area contributed by atoms with Crippen molar-refractivity contribution in [2.45, 2.75) is 26.0 Å². The molecule has 0 saturated carbocycles. The molecule has 0 radical (unpaired) electrons. The summed E-state index contributed by atoms with van der Waals surface area (Å²) in [6.07, 6.45) is 0. The predicted octanol–water partition coefficient (Wildman–Crippen LogP) is 4.42. The highest BCUT2D eigenvalue weighted by molar-refractivity contribution is 7.97. The molecule has 0 aliphatic carbocycles. The SMILES string of the molecule is CC1CSN(CC(C)(O)Cn2c3ccc(F)cc3c3cc(F)ccc32)C1. The Morgan fingerprint density at radius 3 is 2.15 bits per heavy atom. The number of benzene rings is 2. The van der Waals surface area contributed by atoms with Gasteiger partial charge in [0.25, 0.3) is 0 Å². The van der Waals surface area contributed by atoms with E-state index in [1.807, 2.05) is 11.5 Å². The summed E-state index contributed by atoms with van der Waals surface area (Å²) in [5.74, 6) is 0.990. The molecule has 1 aliphatic heterocycles. The van der Waals surface area contributed by atoms with Crippen LogP contribution in [0, 0.1) is 17.6 Å². The summed E-state index contributed by atoms with van der Waals surface area (Å²) in [7, 11) is 0. The maximum Gasteiger partial charge on any atom is 0.123 e. The first kappa shape index (κ1) is 17.8. The Bertz CT molecular complexity index is 910. The molecule has 1 aliphatic rings. The fraction of sp³-hybridized carbons (Fsp3) is 0.400. The summed E-state index contributed by atoms with van der Waals surface area (Å²) in [6.45, 7) is 5.89. The molecule has 1 fully saturated rings. The lowest BCUT2D eigenvalue weighted by molar-refractivity contribution is 0.0283. The van der Waals surface area contributed by atoms with Crippen molar-refractivity contribution in [3.05, 3.63) is 48.0 Å². The lowest BCUT2D eigenvalue weighted by Crippen LogP contribution is -2.40. The molecule has 138 valence electrons. The van der Waals surface area contributed by atoms with Crippen LogP contribution in [0.3, 0.4) is 0 Å². The van der Waals surface area contributed by atoms with Crippen molar-refractivity contribution in [2.24, 2.45) is 5.92 Å². The summed E-state index contributed by atoms with van der Waals surface area (Å²) in [5, 5.41) is 12.4. The number of nitrogens with zero attached hydrogens (tertiary/aromatic N) is 2. The van der Waals surface area contributed by atoms with E-state index in [0.29, 0.717) is 29.8 Å². The summed E-state index contributed by atoms with van der Waals surface area (Å²) >= 11 is 1.77. The Kier molecular flexibility index (Phi) is 4.45. The number of aliphatic hydroxyl groups is 1. The molecule has 1 saturated heterocycles. The van der Waals surface area contributed by atoms with Gasteiger partial charge in [-0.25, -0.2) is 13.1 Å². The Balaban J connectivity index is 1.75. The number of rotatable bonds is 4. The normalized spacial score (nSPS) is 20.9. The van der Waals surface area contributed by atoms with E-state index < -0.39 is 5.60 Å². The first-order chi connectivity index (χ1) is 12.3. The largest absolute Gasteiger partial charge is 0.387 e. The van der Waals surface area contributed by atoms with Crippen molar-refractivity contribution >= 4 is 33.8 Å². The topological polar surface area (TPSA) is 28.4 Å². The quantitative estimate of drug-likeness (QED) is 0.683. The van der Waals surface area contributed by atoms with Gasteiger partial charge in [0.2, 0.25) is 0 Å². The predicted molar refractivity (Wildman–Crippen MR) is 103 cm³/mol. The minimum absolute atomic E-state index is 0.352. The Labute approximate surface area is 155 Å². The van der Waals surface area contributed by atoms with Crippen LogP contribution < -0.4 is 0 Å². The number of fused-ring (bicyclic) bond motifs is 3. The van der Waals surface area contributed by atoms with Crippen molar-refractivity contribution < 1.29 is 13.9 Å². The average molecular weight is 376 g/mol. The van der Waals surface area contributed by atoms with E-state index in [1.54, 1.807) is 24.1 Å². The van der Waals surface area contributed by atoms with Crippen LogP contribution in [-0.4, -0.2) is 38.4 Å².